The molecule has 5 heteroatoms. The van der Waals surface area contributed by atoms with Gasteiger partial charge in [0.15, 0.2) is 0 Å². The molecule has 0 amide bonds. The second kappa shape index (κ2) is 7.55. The van der Waals surface area contributed by atoms with Gasteiger partial charge in [0.2, 0.25) is 0 Å². The van der Waals surface area contributed by atoms with Gasteiger partial charge in [0.05, 0.1) is 13.7 Å². The molecule has 0 aliphatic heterocycles. The zero-order valence-electron chi connectivity index (χ0n) is 10.8. The van der Waals surface area contributed by atoms with E-state index < -0.39 is 5.97 Å². The quantitative estimate of drug-likeness (QED) is 0.760. The molecule has 0 aliphatic carbocycles. The van der Waals surface area contributed by atoms with Crippen molar-refractivity contribution in [2.45, 2.75) is 6.92 Å². The van der Waals surface area contributed by atoms with Crippen molar-refractivity contribution in [3.63, 3.8) is 0 Å². The Balaban J connectivity index is 2.33. The highest BCUT2D eigenvalue weighted by Gasteiger charge is 2.07. The van der Waals surface area contributed by atoms with Crippen molar-refractivity contribution >= 4 is 5.97 Å². The molecule has 0 heterocycles. The van der Waals surface area contributed by atoms with E-state index in [0.29, 0.717) is 19.7 Å². The van der Waals surface area contributed by atoms with Crippen LogP contribution in [0.4, 0.5) is 0 Å². The first-order valence-electron chi connectivity index (χ1n) is 5.86. The van der Waals surface area contributed by atoms with Crippen molar-refractivity contribution in [3.8, 4) is 11.5 Å². The van der Waals surface area contributed by atoms with E-state index >= 15 is 0 Å². The predicted octanol–water partition coefficient (Wildman–Crippen LogP) is 1.48. The number of benzene rings is 1. The van der Waals surface area contributed by atoms with E-state index in [9.17, 15) is 4.79 Å². The van der Waals surface area contributed by atoms with Gasteiger partial charge in [0.1, 0.15) is 18.1 Å². The van der Waals surface area contributed by atoms with E-state index in [0.717, 1.165) is 11.5 Å². The number of carbonyl (C=O) groups is 1. The number of ether oxygens (including phenoxy) is 2. The molecule has 0 saturated carbocycles. The lowest BCUT2D eigenvalue weighted by molar-refractivity contribution is -0.138. The van der Waals surface area contributed by atoms with E-state index in [4.69, 9.17) is 14.6 Å². The summed E-state index contributed by atoms with van der Waals surface area (Å²) < 4.78 is 10.6. The second-order valence-electron chi connectivity index (χ2n) is 3.79. The van der Waals surface area contributed by atoms with Crippen LogP contribution in [-0.4, -0.2) is 49.3 Å². The van der Waals surface area contributed by atoms with E-state index in [1.807, 2.05) is 36.1 Å². The predicted molar refractivity (Wildman–Crippen MR) is 68.2 cm³/mol. The summed E-state index contributed by atoms with van der Waals surface area (Å²) in [4.78, 5) is 12.4. The van der Waals surface area contributed by atoms with Crippen LogP contribution in [0.1, 0.15) is 6.92 Å². The van der Waals surface area contributed by atoms with Crippen molar-refractivity contribution < 1.29 is 19.4 Å². The Morgan fingerprint density at radius 3 is 2.39 bits per heavy atom. The third-order valence-corrected chi connectivity index (χ3v) is 2.54. The van der Waals surface area contributed by atoms with Gasteiger partial charge in [-0.1, -0.05) is 6.92 Å². The molecule has 0 bridgehead atoms. The van der Waals surface area contributed by atoms with Gasteiger partial charge in [-0.2, -0.15) is 0 Å². The van der Waals surface area contributed by atoms with Crippen LogP contribution in [-0.2, 0) is 4.79 Å². The maximum absolute atomic E-state index is 10.6. The standard InChI is InChI=1S/C13H19NO4/c1-3-14(10-13(15)16)8-9-18-12-6-4-11(17-2)5-7-12/h4-7H,3,8-10H2,1-2H3,(H,15,16). The van der Waals surface area contributed by atoms with Gasteiger partial charge in [-0.05, 0) is 30.8 Å². The van der Waals surface area contributed by atoms with Crippen LogP contribution < -0.4 is 9.47 Å². The van der Waals surface area contributed by atoms with E-state index in [-0.39, 0.29) is 6.54 Å². The summed E-state index contributed by atoms with van der Waals surface area (Å²) >= 11 is 0. The van der Waals surface area contributed by atoms with Crippen LogP contribution in [0.3, 0.4) is 0 Å². The Kier molecular flexibility index (Phi) is 6.00. The van der Waals surface area contributed by atoms with Gasteiger partial charge in [-0.3, -0.25) is 9.69 Å². The third kappa shape index (κ3) is 5.05. The number of rotatable bonds is 8. The van der Waals surface area contributed by atoms with Gasteiger partial charge in [0, 0.05) is 6.54 Å². The fraction of sp³-hybridized carbons (Fsp3) is 0.462. The SMILES string of the molecule is CCN(CCOc1ccc(OC)cc1)CC(=O)O. The van der Waals surface area contributed by atoms with Crippen molar-refractivity contribution in [3.05, 3.63) is 24.3 Å². The molecule has 0 unspecified atom stereocenters. The molecule has 1 aromatic carbocycles. The number of carboxylic acids is 1. The number of hydrogen-bond acceptors (Lipinski definition) is 4. The highest BCUT2D eigenvalue weighted by atomic mass is 16.5. The lowest BCUT2D eigenvalue weighted by Crippen LogP contribution is -2.33. The Morgan fingerprint density at radius 1 is 1.28 bits per heavy atom. The molecule has 0 radical (unpaired) electrons. The van der Waals surface area contributed by atoms with Crippen molar-refractivity contribution in [1.29, 1.82) is 0 Å². The summed E-state index contributed by atoms with van der Waals surface area (Å²) in [5.41, 5.74) is 0. The van der Waals surface area contributed by atoms with E-state index in [1.165, 1.54) is 0 Å². The lowest BCUT2D eigenvalue weighted by Gasteiger charge is -2.18. The zero-order chi connectivity index (χ0) is 13.4. The number of carboxylic acid groups (broad SMARTS) is 1. The molecule has 0 saturated heterocycles. The number of aliphatic carboxylic acids is 1. The highest BCUT2D eigenvalue weighted by molar-refractivity contribution is 5.69. The van der Waals surface area contributed by atoms with Crippen LogP contribution in [0.5, 0.6) is 11.5 Å². The Bertz CT molecular complexity index is 364. The van der Waals surface area contributed by atoms with Crippen LogP contribution in [0.15, 0.2) is 24.3 Å². The molecule has 0 spiro atoms. The van der Waals surface area contributed by atoms with Crippen LogP contribution in [0.2, 0.25) is 0 Å². The number of likely N-dealkylation sites (N-methyl/N-ethyl adjacent to an activating group) is 1. The normalized spacial score (nSPS) is 10.4. The first-order valence-corrected chi connectivity index (χ1v) is 5.86. The van der Waals surface area contributed by atoms with Gasteiger partial charge in [-0.25, -0.2) is 0 Å². The van der Waals surface area contributed by atoms with Gasteiger partial charge >= 0.3 is 5.97 Å². The zero-order valence-corrected chi connectivity index (χ0v) is 10.8. The summed E-state index contributed by atoms with van der Waals surface area (Å²) in [7, 11) is 1.61. The molecule has 1 N–H and O–H groups in total. The molecular formula is C13H19NO4. The summed E-state index contributed by atoms with van der Waals surface area (Å²) in [5.74, 6) is 0.715. The van der Waals surface area contributed by atoms with Gasteiger partial charge in [0.25, 0.3) is 0 Å². The molecule has 5 nitrogen and oxygen atoms in total. The molecule has 100 valence electrons. The molecule has 1 aromatic rings. The highest BCUT2D eigenvalue weighted by Crippen LogP contribution is 2.16. The number of nitrogens with zero attached hydrogens (tertiary/aromatic N) is 1. The van der Waals surface area contributed by atoms with E-state index in [2.05, 4.69) is 0 Å². The molecule has 0 aliphatic rings. The summed E-state index contributed by atoms with van der Waals surface area (Å²) in [5, 5.41) is 8.69. The molecular weight excluding hydrogens is 234 g/mol. The lowest BCUT2D eigenvalue weighted by atomic mass is 10.3. The summed E-state index contributed by atoms with van der Waals surface area (Å²) in [6, 6.07) is 7.30. The molecule has 0 fully saturated rings. The molecule has 18 heavy (non-hydrogen) atoms. The average molecular weight is 253 g/mol. The maximum Gasteiger partial charge on any atom is 0.317 e. The first-order chi connectivity index (χ1) is 8.65. The number of methoxy groups -OCH3 is 1. The van der Waals surface area contributed by atoms with E-state index in [1.54, 1.807) is 7.11 Å². The Labute approximate surface area is 107 Å². The minimum atomic E-state index is -0.818. The maximum atomic E-state index is 10.6. The Morgan fingerprint density at radius 2 is 1.89 bits per heavy atom. The van der Waals surface area contributed by atoms with Crippen LogP contribution in [0.25, 0.3) is 0 Å². The Hall–Kier alpha value is -1.75. The van der Waals surface area contributed by atoms with Crippen molar-refractivity contribution in [1.82, 2.24) is 4.90 Å². The fourth-order valence-corrected chi connectivity index (χ4v) is 1.50. The minimum absolute atomic E-state index is 0.0441. The summed E-state index contributed by atoms with van der Waals surface area (Å²) in [6.07, 6.45) is 0. The topological polar surface area (TPSA) is 59.0 Å². The van der Waals surface area contributed by atoms with Gasteiger partial charge < -0.3 is 14.6 Å². The van der Waals surface area contributed by atoms with Gasteiger partial charge in [-0.15, -0.1) is 0 Å². The first kappa shape index (κ1) is 14.3. The van der Waals surface area contributed by atoms with Crippen LogP contribution in [0, 0.1) is 0 Å². The average Bonchev–Trinajstić information content (AvgIpc) is 2.38. The molecule has 1 rings (SSSR count). The third-order valence-electron chi connectivity index (χ3n) is 2.54. The minimum Gasteiger partial charge on any atom is -0.497 e. The summed E-state index contributed by atoms with van der Waals surface area (Å²) in [6.45, 7) is 3.72. The number of hydrogen-bond donors (Lipinski definition) is 1. The fourth-order valence-electron chi connectivity index (χ4n) is 1.50. The smallest absolute Gasteiger partial charge is 0.317 e. The van der Waals surface area contributed by atoms with Crippen LogP contribution >= 0.6 is 0 Å². The molecule has 0 aromatic heterocycles. The van der Waals surface area contributed by atoms with Crippen molar-refractivity contribution in [2.75, 3.05) is 33.4 Å². The molecule has 0 atom stereocenters. The largest absolute Gasteiger partial charge is 0.497 e. The van der Waals surface area contributed by atoms with Crippen molar-refractivity contribution in [2.24, 2.45) is 0 Å². The second-order valence-corrected chi connectivity index (χ2v) is 3.79. The monoisotopic (exact) mass is 253 g/mol.